The second-order valence-corrected chi connectivity index (χ2v) is 2.74. The van der Waals surface area contributed by atoms with Crippen molar-refractivity contribution < 1.29 is 9.90 Å². The van der Waals surface area contributed by atoms with Gasteiger partial charge in [0.25, 0.3) is 5.97 Å². The van der Waals surface area contributed by atoms with E-state index in [4.69, 9.17) is 15.6 Å². The zero-order chi connectivity index (χ0) is 8.85. The number of hydrogen-bond acceptors (Lipinski definition) is 3. The van der Waals surface area contributed by atoms with Gasteiger partial charge in [0.05, 0.1) is 0 Å². The van der Waals surface area contributed by atoms with Crippen LogP contribution in [0, 0.1) is 0 Å². The van der Waals surface area contributed by atoms with Crippen LogP contribution in [0.4, 0.5) is 0 Å². The van der Waals surface area contributed by atoms with Crippen LogP contribution in [0.1, 0.15) is 19.8 Å². The van der Waals surface area contributed by atoms with Gasteiger partial charge in [0.15, 0.2) is 0 Å². The summed E-state index contributed by atoms with van der Waals surface area (Å²) in [5.41, 5.74) is 5.50. The maximum absolute atomic E-state index is 9.00. The van der Waals surface area contributed by atoms with Crippen LogP contribution in [0.25, 0.3) is 0 Å². The van der Waals surface area contributed by atoms with Crippen molar-refractivity contribution in [1.82, 2.24) is 5.32 Å². The summed E-state index contributed by atoms with van der Waals surface area (Å²) in [6, 6.07) is 1.20. The van der Waals surface area contributed by atoms with E-state index in [1.165, 1.54) is 0 Å². The molecule has 1 saturated carbocycles. The molecule has 66 valence electrons. The van der Waals surface area contributed by atoms with E-state index < -0.39 is 5.97 Å². The lowest BCUT2D eigenvalue weighted by Crippen LogP contribution is -2.46. The highest BCUT2D eigenvalue weighted by molar-refractivity contribution is 5.62. The summed E-state index contributed by atoms with van der Waals surface area (Å²) in [6.07, 6.45) is 2.33. The Kier molecular flexibility index (Phi) is 4.81. The fraction of sp³-hybridized carbons (Fsp3) is 0.857. The maximum Gasteiger partial charge on any atom is 0.300 e. The molecular weight excluding hydrogens is 144 g/mol. The van der Waals surface area contributed by atoms with Crippen molar-refractivity contribution in [3.63, 3.8) is 0 Å². The van der Waals surface area contributed by atoms with Crippen molar-refractivity contribution in [3.8, 4) is 0 Å². The molecule has 0 unspecified atom stereocenters. The van der Waals surface area contributed by atoms with Gasteiger partial charge < -0.3 is 16.2 Å². The number of aliphatic carboxylic acids is 1. The average Bonchev–Trinajstić information content (AvgIpc) is 1.79. The molecule has 0 amide bonds. The Bertz CT molecular complexity index is 118. The lowest BCUT2D eigenvalue weighted by molar-refractivity contribution is -0.134. The molecule has 1 aliphatic carbocycles. The lowest BCUT2D eigenvalue weighted by atomic mass is 9.88. The zero-order valence-electron chi connectivity index (χ0n) is 7.00. The molecule has 0 aromatic carbocycles. The van der Waals surface area contributed by atoms with Crippen molar-refractivity contribution in [3.05, 3.63) is 0 Å². The molecule has 4 nitrogen and oxygen atoms in total. The number of nitrogens with one attached hydrogen (secondary N) is 1. The van der Waals surface area contributed by atoms with Gasteiger partial charge in [-0.2, -0.15) is 0 Å². The molecule has 11 heavy (non-hydrogen) atoms. The van der Waals surface area contributed by atoms with Gasteiger partial charge in [0.1, 0.15) is 0 Å². The Morgan fingerprint density at radius 2 is 2.00 bits per heavy atom. The first-order valence-corrected chi connectivity index (χ1v) is 3.68. The van der Waals surface area contributed by atoms with Crippen molar-refractivity contribution >= 4 is 5.97 Å². The van der Waals surface area contributed by atoms with E-state index in [1.54, 1.807) is 0 Å². The molecule has 4 heteroatoms. The van der Waals surface area contributed by atoms with Crippen molar-refractivity contribution in [2.75, 3.05) is 7.05 Å². The van der Waals surface area contributed by atoms with Gasteiger partial charge in [-0.15, -0.1) is 0 Å². The van der Waals surface area contributed by atoms with Crippen molar-refractivity contribution in [1.29, 1.82) is 0 Å². The Morgan fingerprint density at radius 1 is 1.64 bits per heavy atom. The van der Waals surface area contributed by atoms with Crippen LogP contribution in [0.15, 0.2) is 0 Å². The molecule has 0 aromatic heterocycles. The number of rotatable bonds is 1. The molecule has 0 saturated heterocycles. The Morgan fingerprint density at radius 3 is 2.09 bits per heavy atom. The monoisotopic (exact) mass is 160 g/mol. The third kappa shape index (κ3) is 5.82. The van der Waals surface area contributed by atoms with Gasteiger partial charge in [-0.3, -0.25) is 4.79 Å². The van der Waals surface area contributed by atoms with E-state index in [9.17, 15) is 0 Å². The third-order valence-corrected chi connectivity index (χ3v) is 1.58. The summed E-state index contributed by atoms with van der Waals surface area (Å²) in [4.78, 5) is 9.00. The Hall–Kier alpha value is -0.610. The fourth-order valence-electron chi connectivity index (χ4n) is 0.898. The van der Waals surface area contributed by atoms with E-state index in [1.807, 2.05) is 7.05 Å². The molecule has 0 radical (unpaired) electrons. The van der Waals surface area contributed by atoms with Gasteiger partial charge in [0.2, 0.25) is 0 Å². The molecule has 0 heterocycles. The van der Waals surface area contributed by atoms with Crippen LogP contribution in [0.2, 0.25) is 0 Å². The first-order valence-electron chi connectivity index (χ1n) is 3.68. The first-order chi connectivity index (χ1) is 5.06. The minimum atomic E-state index is -0.833. The molecular formula is C7H16N2O2. The minimum absolute atomic E-state index is 0.484. The number of carboxylic acid groups (broad SMARTS) is 1. The molecule has 0 aliphatic heterocycles. The van der Waals surface area contributed by atoms with E-state index >= 15 is 0 Å². The fourth-order valence-corrected chi connectivity index (χ4v) is 0.898. The van der Waals surface area contributed by atoms with Crippen molar-refractivity contribution in [2.24, 2.45) is 5.73 Å². The summed E-state index contributed by atoms with van der Waals surface area (Å²) in [7, 11) is 1.98. The molecule has 0 atom stereocenters. The third-order valence-electron chi connectivity index (χ3n) is 1.58. The van der Waals surface area contributed by atoms with Crippen LogP contribution in [0.5, 0.6) is 0 Å². The number of carbonyl (C=O) groups is 1. The minimum Gasteiger partial charge on any atom is -0.481 e. The lowest BCUT2D eigenvalue weighted by Gasteiger charge is -2.31. The summed E-state index contributed by atoms with van der Waals surface area (Å²) >= 11 is 0. The number of hydrogen-bond donors (Lipinski definition) is 3. The molecule has 1 aliphatic rings. The highest BCUT2D eigenvalue weighted by Gasteiger charge is 2.23. The van der Waals surface area contributed by atoms with E-state index in [2.05, 4.69) is 5.32 Å². The van der Waals surface area contributed by atoms with E-state index in [0.717, 1.165) is 25.8 Å². The molecule has 1 fully saturated rings. The summed E-state index contributed by atoms with van der Waals surface area (Å²) in [5.74, 6) is -0.833. The molecule has 0 bridgehead atoms. The zero-order valence-corrected chi connectivity index (χ0v) is 7.00. The van der Waals surface area contributed by atoms with Crippen LogP contribution in [-0.2, 0) is 4.79 Å². The van der Waals surface area contributed by atoms with Crippen LogP contribution in [-0.4, -0.2) is 30.2 Å². The van der Waals surface area contributed by atoms with Gasteiger partial charge in [-0.05, 0) is 19.9 Å². The summed E-state index contributed by atoms with van der Waals surface area (Å²) < 4.78 is 0. The quantitative estimate of drug-likeness (QED) is 0.496. The molecule has 4 N–H and O–H groups in total. The Balaban J connectivity index is 0.000000218. The predicted octanol–water partition coefficient (Wildman–Crippen LogP) is -0.214. The van der Waals surface area contributed by atoms with Crippen LogP contribution < -0.4 is 11.1 Å². The normalized spacial score (nSPS) is 27.9. The molecule has 0 aromatic rings. The van der Waals surface area contributed by atoms with Gasteiger partial charge >= 0.3 is 0 Å². The van der Waals surface area contributed by atoms with Gasteiger partial charge in [0, 0.05) is 19.0 Å². The average molecular weight is 160 g/mol. The highest BCUT2D eigenvalue weighted by atomic mass is 16.4. The predicted molar refractivity (Wildman–Crippen MR) is 43.4 cm³/mol. The van der Waals surface area contributed by atoms with Gasteiger partial charge in [-0.1, -0.05) is 0 Å². The summed E-state index contributed by atoms with van der Waals surface area (Å²) in [6.45, 7) is 1.08. The molecule has 0 spiro atoms. The van der Waals surface area contributed by atoms with E-state index in [-0.39, 0.29) is 0 Å². The second kappa shape index (κ2) is 5.09. The van der Waals surface area contributed by atoms with Crippen LogP contribution in [0.3, 0.4) is 0 Å². The number of nitrogens with two attached hydrogens (primary N) is 1. The molecule has 1 rings (SSSR count). The first kappa shape index (κ1) is 10.4. The number of carboxylic acids is 1. The Labute approximate surface area is 66.8 Å². The van der Waals surface area contributed by atoms with Gasteiger partial charge in [-0.25, -0.2) is 0 Å². The summed E-state index contributed by atoms with van der Waals surface area (Å²) in [5, 5.41) is 10.6. The second-order valence-electron chi connectivity index (χ2n) is 2.74. The highest BCUT2D eigenvalue weighted by Crippen LogP contribution is 2.15. The maximum atomic E-state index is 9.00. The smallest absolute Gasteiger partial charge is 0.300 e. The largest absolute Gasteiger partial charge is 0.481 e. The van der Waals surface area contributed by atoms with E-state index in [0.29, 0.717) is 6.04 Å². The standard InChI is InChI=1S/C5H12N2.C2H4O2/c1-7-5-2-4(6)3-5;1-2(3)4/h4-5,7H,2-3,6H2,1H3;1H3,(H,3,4). The van der Waals surface area contributed by atoms with Crippen molar-refractivity contribution in [2.45, 2.75) is 31.8 Å². The topological polar surface area (TPSA) is 75.3 Å². The van der Waals surface area contributed by atoms with Crippen LogP contribution >= 0.6 is 0 Å². The SMILES string of the molecule is CC(=O)O.CNC1CC(N)C1.